The Morgan fingerprint density at radius 2 is 2.06 bits per heavy atom. The van der Waals surface area contributed by atoms with Crippen molar-refractivity contribution in [2.75, 3.05) is 26.2 Å². The van der Waals surface area contributed by atoms with E-state index in [-0.39, 0.29) is 0 Å². The fraction of sp³-hybridized carbons (Fsp3) is 0.462. The minimum atomic E-state index is -0.849. The van der Waals surface area contributed by atoms with Gasteiger partial charge < -0.3 is 19.5 Å². The average Bonchev–Trinajstić information content (AvgIpc) is 2.38. The molecule has 18 heavy (non-hydrogen) atoms. The van der Waals surface area contributed by atoms with Crippen molar-refractivity contribution in [3.63, 3.8) is 0 Å². The summed E-state index contributed by atoms with van der Waals surface area (Å²) in [5.41, 5.74) is 0.729. The minimum absolute atomic E-state index is 0.515. The maximum Gasteiger partial charge on any atom is 0.326 e. The van der Waals surface area contributed by atoms with Crippen LogP contribution in [0, 0.1) is 0 Å². The van der Waals surface area contributed by atoms with Crippen molar-refractivity contribution >= 4 is 11.7 Å². The van der Waals surface area contributed by atoms with Gasteiger partial charge in [-0.15, -0.1) is 0 Å². The lowest BCUT2D eigenvalue weighted by molar-refractivity contribution is -0.138. The van der Waals surface area contributed by atoms with Gasteiger partial charge in [-0.2, -0.15) is 0 Å². The molecule has 100 valence electrons. The molecule has 5 heteroatoms. The van der Waals surface area contributed by atoms with Crippen molar-refractivity contribution in [2.45, 2.75) is 19.4 Å². The van der Waals surface area contributed by atoms with Crippen molar-refractivity contribution < 1.29 is 19.4 Å². The maximum absolute atomic E-state index is 11.2. The Morgan fingerprint density at radius 1 is 1.39 bits per heavy atom. The molecule has 1 aromatic carbocycles. The lowest BCUT2D eigenvalue weighted by Crippen LogP contribution is -2.38. The summed E-state index contributed by atoms with van der Waals surface area (Å²) in [6, 6.07) is 4.74. The van der Waals surface area contributed by atoms with Crippen molar-refractivity contribution in [1.29, 1.82) is 0 Å². The van der Waals surface area contributed by atoms with E-state index in [1.165, 1.54) is 0 Å². The Hall–Kier alpha value is -1.91. The van der Waals surface area contributed by atoms with Crippen LogP contribution in [0.2, 0.25) is 0 Å². The smallest absolute Gasteiger partial charge is 0.326 e. The molecule has 0 heterocycles. The summed E-state index contributed by atoms with van der Waals surface area (Å²) in [6.45, 7) is 1.84. The van der Waals surface area contributed by atoms with E-state index in [0.717, 1.165) is 5.69 Å². The van der Waals surface area contributed by atoms with Crippen LogP contribution >= 0.6 is 0 Å². The Kier molecular flexibility index (Phi) is 4.83. The molecule has 1 aromatic rings. The zero-order chi connectivity index (χ0) is 13.7. The van der Waals surface area contributed by atoms with Gasteiger partial charge >= 0.3 is 5.97 Å². The number of hydrogen-bond acceptors (Lipinski definition) is 4. The lowest BCUT2D eigenvalue weighted by Gasteiger charge is -2.27. The average molecular weight is 253 g/mol. The highest BCUT2D eigenvalue weighted by atomic mass is 16.5. The van der Waals surface area contributed by atoms with Gasteiger partial charge in [0, 0.05) is 13.1 Å². The van der Waals surface area contributed by atoms with Gasteiger partial charge in [-0.3, -0.25) is 0 Å². The summed E-state index contributed by atoms with van der Waals surface area (Å²) >= 11 is 0. The van der Waals surface area contributed by atoms with E-state index in [1.807, 2.05) is 6.92 Å². The molecule has 0 saturated carbocycles. The fourth-order valence-corrected chi connectivity index (χ4v) is 1.86. The van der Waals surface area contributed by atoms with Crippen LogP contribution in [-0.4, -0.2) is 38.4 Å². The van der Waals surface area contributed by atoms with Crippen LogP contribution in [-0.2, 0) is 4.79 Å². The maximum atomic E-state index is 11.2. The number of rotatable bonds is 6. The summed E-state index contributed by atoms with van der Waals surface area (Å²) in [7, 11) is 4.87. The zero-order valence-electron chi connectivity index (χ0n) is 11.1. The molecule has 0 aliphatic carbocycles. The predicted molar refractivity (Wildman–Crippen MR) is 69.7 cm³/mol. The van der Waals surface area contributed by atoms with Crippen LogP contribution in [0.25, 0.3) is 0 Å². The summed E-state index contributed by atoms with van der Waals surface area (Å²) in [4.78, 5) is 12.9. The number of carbonyl (C=O) groups is 1. The Bertz CT molecular complexity index is 419. The van der Waals surface area contributed by atoms with Gasteiger partial charge in [0.15, 0.2) is 0 Å². The highest BCUT2D eigenvalue weighted by Crippen LogP contribution is 2.32. The largest absolute Gasteiger partial charge is 0.497 e. The van der Waals surface area contributed by atoms with E-state index < -0.39 is 12.0 Å². The number of ether oxygens (including phenoxy) is 2. The van der Waals surface area contributed by atoms with Gasteiger partial charge in [0.1, 0.15) is 17.5 Å². The molecule has 0 unspecified atom stereocenters. The van der Waals surface area contributed by atoms with Crippen LogP contribution in [0.4, 0.5) is 5.69 Å². The molecule has 0 saturated heterocycles. The molecule has 0 aromatic heterocycles. The van der Waals surface area contributed by atoms with Crippen LogP contribution in [0.5, 0.6) is 11.5 Å². The van der Waals surface area contributed by atoms with Crippen molar-refractivity contribution in [2.24, 2.45) is 0 Å². The Morgan fingerprint density at radius 3 is 2.50 bits per heavy atom. The summed E-state index contributed by atoms with van der Waals surface area (Å²) in [5.74, 6) is 0.418. The molecule has 0 spiro atoms. The highest BCUT2D eigenvalue weighted by molar-refractivity contribution is 5.79. The van der Waals surface area contributed by atoms with Gasteiger partial charge in [-0.05, 0) is 18.6 Å². The highest BCUT2D eigenvalue weighted by Gasteiger charge is 2.23. The van der Waals surface area contributed by atoms with Gasteiger partial charge in [-0.1, -0.05) is 6.92 Å². The Balaban J connectivity index is 3.11. The molecule has 0 aliphatic rings. The quantitative estimate of drug-likeness (QED) is 0.840. The van der Waals surface area contributed by atoms with Crippen LogP contribution in [0.3, 0.4) is 0 Å². The van der Waals surface area contributed by atoms with Crippen LogP contribution < -0.4 is 14.4 Å². The topological polar surface area (TPSA) is 59.0 Å². The molecule has 0 bridgehead atoms. The van der Waals surface area contributed by atoms with Gasteiger partial charge in [-0.25, -0.2) is 4.79 Å². The number of anilines is 1. The minimum Gasteiger partial charge on any atom is -0.497 e. The van der Waals surface area contributed by atoms with Gasteiger partial charge in [0.25, 0.3) is 0 Å². The summed E-state index contributed by atoms with van der Waals surface area (Å²) in [6.07, 6.45) is 0.515. The van der Waals surface area contributed by atoms with E-state index in [2.05, 4.69) is 0 Å². The normalized spacial score (nSPS) is 11.8. The molecule has 0 radical (unpaired) electrons. The number of carboxylic acids is 1. The van der Waals surface area contributed by atoms with E-state index in [9.17, 15) is 4.79 Å². The van der Waals surface area contributed by atoms with Gasteiger partial charge in [0.05, 0.1) is 19.9 Å². The van der Waals surface area contributed by atoms with E-state index >= 15 is 0 Å². The van der Waals surface area contributed by atoms with Crippen LogP contribution in [0.1, 0.15) is 13.3 Å². The number of aliphatic carboxylic acids is 1. The number of likely N-dealkylation sites (N-methyl/N-ethyl adjacent to an activating group) is 1. The zero-order valence-corrected chi connectivity index (χ0v) is 11.1. The fourth-order valence-electron chi connectivity index (χ4n) is 1.86. The third-order valence-corrected chi connectivity index (χ3v) is 2.91. The first-order valence-corrected chi connectivity index (χ1v) is 5.72. The van der Waals surface area contributed by atoms with Crippen molar-refractivity contribution in [1.82, 2.24) is 0 Å². The van der Waals surface area contributed by atoms with E-state index in [1.54, 1.807) is 44.4 Å². The monoisotopic (exact) mass is 253 g/mol. The predicted octanol–water partition coefficient (Wildman–Crippen LogP) is 2.00. The lowest BCUT2D eigenvalue weighted by atomic mass is 10.1. The summed E-state index contributed by atoms with van der Waals surface area (Å²) < 4.78 is 10.4. The first-order chi connectivity index (χ1) is 8.54. The number of nitrogens with zero attached hydrogens (tertiary/aromatic N) is 1. The third kappa shape index (κ3) is 2.85. The van der Waals surface area contributed by atoms with Crippen LogP contribution in [0.15, 0.2) is 18.2 Å². The molecular weight excluding hydrogens is 234 g/mol. The standard InChI is InChI=1S/C13H19NO4/c1-5-10(13(15)16)14(2)11-7-6-9(17-3)8-12(11)18-4/h6-8,10H,5H2,1-4H3,(H,15,16)/t10-/m0/s1. The van der Waals surface area contributed by atoms with Crippen molar-refractivity contribution in [3.8, 4) is 11.5 Å². The van der Waals surface area contributed by atoms with Gasteiger partial charge in [0.2, 0.25) is 0 Å². The molecule has 0 aliphatic heterocycles. The van der Waals surface area contributed by atoms with E-state index in [0.29, 0.717) is 17.9 Å². The molecule has 0 fully saturated rings. The second-order valence-corrected chi connectivity index (χ2v) is 3.91. The number of methoxy groups -OCH3 is 2. The number of hydrogen-bond donors (Lipinski definition) is 1. The summed E-state index contributed by atoms with van der Waals surface area (Å²) in [5, 5.41) is 9.16. The molecule has 1 atom stereocenters. The SMILES string of the molecule is CC[C@@H](C(=O)O)N(C)c1ccc(OC)cc1OC. The molecular formula is C13H19NO4. The molecule has 1 rings (SSSR count). The van der Waals surface area contributed by atoms with Crippen molar-refractivity contribution in [3.05, 3.63) is 18.2 Å². The molecule has 1 N–H and O–H groups in total. The second-order valence-electron chi connectivity index (χ2n) is 3.91. The third-order valence-electron chi connectivity index (χ3n) is 2.91. The second kappa shape index (κ2) is 6.14. The number of benzene rings is 1. The molecule has 0 amide bonds. The Labute approximate surface area is 107 Å². The number of carboxylic acid groups (broad SMARTS) is 1. The first kappa shape index (κ1) is 14.2. The first-order valence-electron chi connectivity index (χ1n) is 5.72. The molecule has 5 nitrogen and oxygen atoms in total. The van der Waals surface area contributed by atoms with E-state index in [4.69, 9.17) is 14.6 Å².